The fraction of sp³-hybridized carbons (Fsp3) is 0.483. The number of carboxylic acid groups (broad SMARTS) is 1. The van der Waals surface area contributed by atoms with Crippen molar-refractivity contribution in [2.24, 2.45) is 23.2 Å². The molecule has 1 saturated heterocycles. The molecule has 0 radical (unpaired) electrons. The number of carboxylic acids is 1. The van der Waals surface area contributed by atoms with Gasteiger partial charge in [-0.3, -0.25) is 0 Å². The smallest absolute Gasteiger partial charge is 0.335 e. The van der Waals surface area contributed by atoms with Crippen molar-refractivity contribution in [2.45, 2.75) is 52.5 Å². The van der Waals surface area contributed by atoms with E-state index in [2.05, 4.69) is 61.3 Å². The van der Waals surface area contributed by atoms with Crippen LogP contribution < -0.4 is 10.2 Å². The lowest BCUT2D eigenvalue weighted by atomic mass is 9.45. The van der Waals surface area contributed by atoms with Crippen LogP contribution in [0.15, 0.2) is 54.1 Å². The Balaban J connectivity index is 1.20. The lowest BCUT2D eigenvalue weighted by Gasteiger charge is -2.62. The van der Waals surface area contributed by atoms with Crippen molar-refractivity contribution >= 4 is 23.4 Å². The Hall–Kier alpha value is -2.75. The molecule has 2 N–H and O–H groups in total. The topological polar surface area (TPSA) is 52.6 Å². The highest BCUT2D eigenvalue weighted by molar-refractivity contribution is 5.88. The average Bonchev–Trinajstić information content (AvgIpc) is 2.81. The van der Waals surface area contributed by atoms with Crippen LogP contribution in [0, 0.1) is 23.2 Å². The van der Waals surface area contributed by atoms with E-state index in [4.69, 9.17) is 5.11 Å². The van der Waals surface area contributed by atoms with Gasteiger partial charge in [0.15, 0.2) is 0 Å². The van der Waals surface area contributed by atoms with E-state index in [1.807, 2.05) is 12.1 Å². The van der Waals surface area contributed by atoms with E-state index in [0.29, 0.717) is 17.0 Å². The number of rotatable bonds is 5. The molecule has 3 saturated carbocycles. The molecule has 2 aromatic carbocycles. The highest BCUT2D eigenvalue weighted by Crippen LogP contribution is 2.61. The number of hydrogen-bond donors (Lipinski definition) is 2. The molecule has 2 aromatic rings. The number of aromatic carboxylic acids is 1. The van der Waals surface area contributed by atoms with Crippen molar-refractivity contribution in [1.82, 2.24) is 0 Å². The van der Waals surface area contributed by atoms with Gasteiger partial charge < -0.3 is 15.3 Å². The maximum Gasteiger partial charge on any atom is 0.335 e. The molecule has 0 unspecified atom stereocenters. The summed E-state index contributed by atoms with van der Waals surface area (Å²) >= 11 is 0. The average molecular weight is 445 g/mol. The molecule has 174 valence electrons. The lowest BCUT2D eigenvalue weighted by molar-refractivity contribution is -0.105. The van der Waals surface area contributed by atoms with Crippen LogP contribution in [0.25, 0.3) is 6.08 Å². The van der Waals surface area contributed by atoms with Crippen molar-refractivity contribution < 1.29 is 9.90 Å². The zero-order chi connectivity index (χ0) is 23.2. The Kier molecular flexibility index (Phi) is 5.72. The fourth-order valence-corrected chi connectivity index (χ4v) is 6.52. The van der Waals surface area contributed by atoms with Crippen molar-refractivity contribution in [3.05, 3.63) is 65.2 Å². The van der Waals surface area contributed by atoms with E-state index >= 15 is 0 Å². The molecular weight excluding hydrogens is 408 g/mol. The molecule has 1 heterocycles. The zero-order valence-electron chi connectivity index (χ0n) is 20.1. The van der Waals surface area contributed by atoms with E-state index in [-0.39, 0.29) is 0 Å². The number of fused-ring (bicyclic) bond motifs is 2. The van der Waals surface area contributed by atoms with Crippen molar-refractivity contribution in [2.75, 3.05) is 23.3 Å². The molecule has 6 rings (SSSR count). The van der Waals surface area contributed by atoms with Crippen LogP contribution in [-0.2, 0) is 0 Å². The molecule has 4 nitrogen and oxygen atoms in total. The summed E-state index contributed by atoms with van der Waals surface area (Å²) in [5, 5.41) is 13.0. The standard InChI is InChI=1S/C29H36N2O2/c1-19-26-17-23(29(26,2)3)18-27(19)30-24-6-4-5-21(16-24)15-20-11-13-31(14-12-20)25-9-7-22(8-10-25)28(32)33/h4-10,15-16,19,23,26-27,30H,11-14,17-18H2,1-3H3,(H,32,33)/t19-,23+,26-,27-/m0/s1. The third kappa shape index (κ3) is 4.28. The van der Waals surface area contributed by atoms with Crippen LogP contribution in [-0.4, -0.2) is 30.2 Å². The number of anilines is 2. The number of piperidine rings is 1. The first-order valence-electron chi connectivity index (χ1n) is 12.5. The van der Waals surface area contributed by atoms with E-state index < -0.39 is 5.97 Å². The summed E-state index contributed by atoms with van der Waals surface area (Å²) in [5.74, 6) is 1.57. The maximum atomic E-state index is 11.1. The zero-order valence-corrected chi connectivity index (χ0v) is 20.1. The van der Waals surface area contributed by atoms with E-state index in [0.717, 1.165) is 49.4 Å². The van der Waals surface area contributed by atoms with E-state index in [9.17, 15) is 4.79 Å². The van der Waals surface area contributed by atoms with Crippen LogP contribution in [0.1, 0.15) is 62.4 Å². The molecule has 4 heteroatoms. The molecule has 3 aliphatic carbocycles. The SMILES string of the molecule is C[C@@H]1[C@@H](Nc2cccc(C=C3CCN(c4ccc(C(=O)O)cc4)CC3)c2)C[C@H]2C[C@@H]1C2(C)C. The van der Waals surface area contributed by atoms with Gasteiger partial charge in [0.05, 0.1) is 5.56 Å². The maximum absolute atomic E-state index is 11.1. The highest BCUT2D eigenvalue weighted by atomic mass is 16.4. The summed E-state index contributed by atoms with van der Waals surface area (Å²) in [6.45, 7) is 9.29. The van der Waals surface area contributed by atoms with Gasteiger partial charge in [0.1, 0.15) is 0 Å². The predicted molar refractivity (Wildman–Crippen MR) is 136 cm³/mol. The Morgan fingerprint density at radius 3 is 2.45 bits per heavy atom. The minimum atomic E-state index is -0.874. The summed E-state index contributed by atoms with van der Waals surface area (Å²) < 4.78 is 0. The lowest BCUT2D eigenvalue weighted by Crippen LogP contribution is -2.58. The second-order valence-electron chi connectivity index (χ2n) is 11.0. The molecule has 0 spiro atoms. The third-order valence-corrected chi connectivity index (χ3v) is 8.85. The molecule has 4 fully saturated rings. The minimum absolute atomic E-state index is 0.341. The summed E-state index contributed by atoms with van der Waals surface area (Å²) in [4.78, 5) is 13.4. The monoisotopic (exact) mass is 444 g/mol. The van der Waals surface area contributed by atoms with E-state index in [1.54, 1.807) is 12.1 Å². The van der Waals surface area contributed by atoms with Gasteiger partial charge in [-0.25, -0.2) is 4.79 Å². The number of carbonyl (C=O) groups is 1. The Bertz CT molecular complexity index is 1050. The summed E-state index contributed by atoms with van der Waals surface area (Å²) in [7, 11) is 0. The number of hydrogen-bond acceptors (Lipinski definition) is 3. The quantitative estimate of drug-likeness (QED) is 0.549. The summed E-state index contributed by atoms with van der Waals surface area (Å²) in [5.41, 5.74) is 5.98. The molecular formula is C29H36N2O2. The Morgan fingerprint density at radius 1 is 1.09 bits per heavy atom. The molecule has 33 heavy (non-hydrogen) atoms. The Labute approximate surface area is 197 Å². The van der Waals surface area contributed by atoms with E-state index in [1.165, 1.54) is 29.7 Å². The van der Waals surface area contributed by atoms with Crippen molar-refractivity contribution in [3.8, 4) is 0 Å². The van der Waals surface area contributed by atoms with Crippen molar-refractivity contribution in [3.63, 3.8) is 0 Å². The van der Waals surface area contributed by atoms with Gasteiger partial charge in [-0.05, 0) is 90.8 Å². The molecule has 1 aliphatic heterocycles. The first kappa shape index (κ1) is 22.1. The molecule has 4 aliphatic rings. The van der Waals surface area contributed by atoms with Crippen LogP contribution in [0.2, 0.25) is 0 Å². The number of benzene rings is 2. The van der Waals surface area contributed by atoms with Gasteiger partial charge in [-0.2, -0.15) is 0 Å². The van der Waals surface area contributed by atoms with Gasteiger partial charge in [0.2, 0.25) is 0 Å². The van der Waals surface area contributed by atoms with Crippen LogP contribution in [0.5, 0.6) is 0 Å². The first-order chi connectivity index (χ1) is 15.8. The fourth-order valence-electron chi connectivity index (χ4n) is 6.52. The molecule has 4 atom stereocenters. The summed E-state index contributed by atoms with van der Waals surface area (Å²) in [6.07, 6.45) is 7.15. The van der Waals surface area contributed by atoms with Gasteiger partial charge >= 0.3 is 5.97 Å². The largest absolute Gasteiger partial charge is 0.478 e. The molecule has 2 bridgehead atoms. The summed E-state index contributed by atoms with van der Waals surface area (Å²) in [6, 6.07) is 16.7. The van der Waals surface area contributed by atoms with Gasteiger partial charge in [-0.1, -0.05) is 44.6 Å². The normalized spacial score (nSPS) is 28.1. The van der Waals surface area contributed by atoms with Crippen LogP contribution in [0.4, 0.5) is 11.4 Å². The van der Waals surface area contributed by atoms with Gasteiger partial charge in [-0.15, -0.1) is 0 Å². The first-order valence-corrected chi connectivity index (χ1v) is 12.5. The Morgan fingerprint density at radius 2 is 1.82 bits per heavy atom. The minimum Gasteiger partial charge on any atom is -0.478 e. The van der Waals surface area contributed by atoms with Crippen LogP contribution in [0.3, 0.4) is 0 Å². The molecule has 0 amide bonds. The molecule has 0 aromatic heterocycles. The van der Waals surface area contributed by atoms with Gasteiger partial charge in [0.25, 0.3) is 0 Å². The van der Waals surface area contributed by atoms with Gasteiger partial charge in [0, 0.05) is 30.5 Å². The second kappa shape index (κ2) is 8.55. The van der Waals surface area contributed by atoms with Crippen molar-refractivity contribution in [1.29, 1.82) is 0 Å². The predicted octanol–water partition coefficient (Wildman–Crippen LogP) is 6.55. The number of nitrogens with zero attached hydrogens (tertiary/aromatic N) is 1. The third-order valence-electron chi connectivity index (χ3n) is 8.85. The number of nitrogens with one attached hydrogen (secondary N) is 1. The highest BCUT2D eigenvalue weighted by Gasteiger charge is 2.56. The van der Waals surface area contributed by atoms with Crippen LogP contribution >= 0.6 is 0 Å². The second-order valence-corrected chi connectivity index (χ2v) is 11.0.